The molecule has 1 aliphatic rings. The fourth-order valence-corrected chi connectivity index (χ4v) is 5.01. The number of nitrogens with one attached hydrogen (secondary N) is 1. The van der Waals surface area contributed by atoms with Crippen LogP contribution in [0.3, 0.4) is 0 Å². The van der Waals surface area contributed by atoms with Crippen molar-refractivity contribution in [2.75, 3.05) is 6.54 Å². The first-order valence-corrected chi connectivity index (χ1v) is 11.3. The van der Waals surface area contributed by atoms with E-state index in [1.165, 1.54) is 16.2 Å². The molecule has 4 bridgehead atoms. The second kappa shape index (κ2) is 8.66. The molecule has 33 heavy (non-hydrogen) atoms. The van der Waals surface area contributed by atoms with Crippen molar-refractivity contribution >= 4 is 27.7 Å². The molecule has 5 heteroatoms. The number of primary amides is 1. The van der Waals surface area contributed by atoms with E-state index in [2.05, 4.69) is 34.6 Å². The third-order valence-electron chi connectivity index (χ3n) is 6.74. The highest BCUT2D eigenvalue weighted by Gasteiger charge is 2.44. The first-order valence-electron chi connectivity index (χ1n) is 11.3. The highest BCUT2D eigenvalue weighted by molar-refractivity contribution is 6.14. The zero-order valence-corrected chi connectivity index (χ0v) is 18.3. The summed E-state index contributed by atoms with van der Waals surface area (Å²) < 4.78 is 16.2. The number of pyridine rings is 2. The number of aromatic nitrogens is 1. The zero-order valence-electron chi connectivity index (χ0n) is 18.3. The number of amides is 2. The summed E-state index contributed by atoms with van der Waals surface area (Å²) in [6.45, 7) is 0.257. The first-order chi connectivity index (χ1) is 16.0. The van der Waals surface area contributed by atoms with Crippen molar-refractivity contribution in [3.63, 3.8) is 0 Å². The number of carbonyl (C=O) groups is 1. The lowest BCUT2D eigenvalue weighted by molar-refractivity contribution is 0.0625. The van der Waals surface area contributed by atoms with Gasteiger partial charge in [-0.25, -0.2) is 9.18 Å². The molecule has 7 rings (SSSR count). The molecule has 2 aromatic heterocycles. The Morgan fingerprint density at radius 3 is 2.55 bits per heavy atom. The Kier molecular flexibility index (Phi) is 5.55. The average molecular weight is 440 g/mol. The fraction of sp³-hybridized carbons (Fsp3) is 0.214. The molecule has 0 spiro atoms. The summed E-state index contributed by atoms with van der Waals surface area (Å²) in [4.78, 5) is 15.3. The van der Waals surface area contributed by atoms with Crippen molar-refractivity contribution in [1.82, 2.24) is 10.3 Å². The van der Waals surface area contributed by atoms with E-state index in [9.17, 15) is 4.79 Å². The molecule has 0 fully saturated rings. The zero-order chi connectivity index (χ0) is 22.8. The lowest BCUT2D eigenvalue weighted by Gasteiger charge is -2.39. The van der Waals surface area contributed by atoms with Crippen LogP contribution in [-0.4, -0.2) is 17.6 Å². The lowest BCUT2D eigenvalue weighted by atomic mass is 9.70. The second-order valence-corrected chi connectivity index (χ2v) is 8.76. The van der Waals surface area contributed by atoms with Gasteiger partial charge in [-0.15, -0.1) is 0 Å². The highest BCUT2D eigenvalue weighted by atomic mass is 19.1. The maximum atomic E-state index is 16.2. The molecule has 0 saturated heterocycles. The van der Waals surface area contributed by atoms with Gasteiger partial charge in [-0.3, -0.25) is 4.98 Å². The number of fused-ring (bicyclic) bond motifs is 2. The molecular weight excluding hydrogens is 413 g/mol. The number of benzene rings is 3. The van der Waals surface area contributed by atoms with E-state index in [1.807, 2.05) is 60.8 Å². The van der Waals surface area contributed by atoms with E-state index in [4.69, 9.17) is 5.73 Å². The summed E-state index contributed by atoms with van der Waals surface area (Å²) in [5, 5.41) is 6.53. The predicted octanol–water partition coefficient (Wildman–Crippen LogP) is 5.59. The van der Waals surface area contributed by atoms with E-state index in [0.29, 0.717) is 12.8 Å². The Hall–Kier alpha value is -3.73. The summed E-state index contributed by atoms with van der Waals surface area (Å²) in [6.07, 6.45) is 3.75. The number of halogens is 1. The number of nitrogens with zero attached hydrogens (tertiary/aromatic N) is 1. The molecule has 2 amide bonds. The number of urea groups is 1. The van der Waals surface area contributed by atoms with Crippen LogP contribution < -0.4 is 11.1 Å². The third kappa shape index (κ3) is 4.07. The van der Waals surface area contributed by atoms with Gasteiger partial charge in [-0.1, -0.05) is 72.8 Å². The van der Waals surface area contributed by atoms with Crippen LogP contribution in [0.5, 0.6) is 0 Å². The Labute approximate surface area is 192 Å². The molecule has 0 radical (unpaired) electrons. The van der Waals surface area contributed by atoms with Gasteiger partial charge in [0.1, 0.15) is 5.67 Å². The van der Waals surface area contributed by atoms with Crippen molar-refractivity contribution in [1.29, 1.82) is 0 Å². The maximum Gasteiger partial charge on any atom is 0.312 e. The largest absolute Gasteiger partial charge is 0.352 e. The molecule has 166 valence electrons. The van der Waals surface area contributed by atoms with Crippen molar-refractivity contribution in [2.24, 2.45) is 11.7 Å². The fourth-order valence-electron chi connectivity index (χ4n) is 5.01. The normalized spacial score (nSPS) is 19.7. The molecule has 2 unspecified atom stereocenters. The van der Waals surface area contributed by atoms with Gasteiger partial charge in [0.15, 0.2) is 0 Å². The van der Waals surface area contributed by atoms with Crippen molar-refractivity contribution in [3.05, 3.63) is 102 Å². The number of aryl methyl sites for hydroxylation is 1. The van der Waals surface area contributed by atoms with Crippen LogP contribution in [0.2, 0.25) is 0 Å². The van der Waals surface area contributed by atoms with Gasteiger partial charge >= 0.3 is 6.03 Å². The summed E-state index contributed by atoms with van der Waals surface area (Å²) in [5.74, 6) is -0.287. The van der Waals surface area contributed by atoms with E-state index in [0.717, 1.165) is 28.6 Å². The number of hydrogen-bond acceptors (Lipinski definition) is 2. The summed E-state index contributed by atoms with van der Waals surface area (Å²) in [6, 6.07) is 25.1. The monoisotopic (exact) mass is 439 g/mol. The van der Waals surface area contributed by atoms with Crippen molar-refractivity contribution in [3.8, 4) is 0 Å². The minimum atomic E-state index is -1.50. The number of rotatable bonds is 4. The van der Waals surface area contributed by atoms with Gasteiger partial charge in [0.05, 0.1) is 5.52 Å². The number of carbonyl (C=O) groups excluding carboxylic acids is 1. The molecule has 1 aliphatic carbocycles. The van der Waals surface area contributed by atoms with E-state index in [-0.39, 0.29) is 12.5 Å². The number of nitrogens with two attached hydrogens (primary N) is 1. The van der Waals surface area contributed by atoms with E-state index < -0.39 is 11.7 Å². The minimum Gasteiger partial charge on any atom is -0.352 e. The van der Waals surface area contributed by atoms with Crippen LogP contribution in [0.15, 0.2) is 85.1 Å². The Morgan fingerprint density at radius 2 is 1.82 bits per heavy atom. The van der Waals surface area contributed by atoms with Gasteiger partial charge in [-0.05, 0) is 41.0 Å². The Bertz CT molecular complexity index is 1320. The molecule has 0 aliphatic heterocycles. The molecular formula is C28H26FN3O. The van der Waals surface area contributed by atoms with E-state index >= 15 is 4.39 Å². The molecule has 2 heterocycles. The molecule has 0 saturated carbocycles. The summed E-state index contributed by atoms with van der Waals surface area (Å²) in [5.41, 5.74) is 7.57. The lowest BCUT2D eigenvalue weighted by Crippen LogP contribution is -2.45. The van der Waals surface area contributed by atoms with Crippen LogP contribution in [0.25, 0.3) is 21.7 Å². The topological polar surface area (TPSA) is 68.0 Å². The van der Waals surface area contributed by atoms with Crippen LogP contribution in [0.1, 0.15) is 23.1 Å². The SMILES string of the molecule is NC(=O)NCC1CCc2ccccc2C1(F)Cc1ccccc1.c1cc2cnc3cc2c3c1. The summed E-state index contributed by atoms with van der Waals surface area (Å²) >= 11 is 0. The molecule has 3 N–H and O–H groups in total. The number of hydrogen-bond donors (Lipinski definition) is 2. The molecule has 2 atom stereocenters. The van der Waals surface area contributed by atoms with Gasteiger partial charge in [0.25, 0.3) is 0 Å². The van der Waals surface area contributed by atoms with Gasteiger partial charge in [-0.2, -0.15) is 0 Å². The van der Waals surface area contributed by atoms with Crippen LogP contribution in [0.4, 0.5) is 9.18 Å². The second-order valence-electron chi connectivity index (χ2n) is 8.76. The minimum absolute atomic E-state index is 0.257. The number of alkyl halides is 1. The predicted molar refractivity (Wildman–Crippen MR) is 130 cm³/mol. The van der Waals surface area contributed by atoms with Gasteiger partial charge in [0.2, 0.25) is 0 Å². The van der Waals surface area contributed by atoms with Crippen LogP contribution in [0, 0.1) is 5.92 Å². The highest BCUT2D eigenvalue weighted by Crippen LogP contribution is 2.45. The van der Waals surface area contributed by atoms with Gasteiger partial charge < -0.3 is 11.1 Å². The molecule has 4 nitrogen and oxygen atoms in total. The van der Waals surface area contributed by atoms with Crippen molar-refractivity contribution in [2.45, 2.75) is 24.9 Å². The average Bonchev–Trinajstić information content (AvgIpc) is 2.82. The quantitative estimate of drug-likeness (QED) is 0.383. The Balaban J connectivity index is 0.000000186. The maximum absolute atomic E-state index is 16.2. The van der Waals surface area contributed by atoms with Crippen LogP contribution in [-0.2, 0) is 18.5 Å². The van der Waals surface area contributed by atoms with Gasteiger partial charge in [0, 0.05) is 35.9 Å². The molecule has 6 aromatic rings. The van der Waals surface area contributed by atoms with Crippen molar-refractivity contribution < 1.29 is 9.18 Å². The first kappa shape index (κ1) is 21.1. The Morgan fingerprint density at radius 1 is 1.03 bits per heavy atom. The standard InChI is InChI=1S/C19H21FN2O.C9H5N/c20-19(12-14-6-2-1-3-7-14)16(13-22-18(21)23)11-10-15-8-4-5-9-17(15)19;1-2-6-5-10-9-4-8(6)7(9)3-1/h1-9,16H,10-13H2,(H3,21,22,23);1-5H. The smallest absolute Gasteiger partial charge is 0.312 e. The van der Waals surface area contributed by atoms with Crippen LogP contribution >= 0.6 is 0 Å². The van der Waals surface area contributed by atoms with E-state index in [1.54, 1.807) is 0 Å². The third-order valence-corrected chi connectivity index (χ3v) is 6.74. The summed E-state index contributed by atoms with van der Waals surface area (Å²) in [7, 11) is 0. The molecule has 4 aromatic carbocycles.